The van der Waals surface area contributed by atoms with Gasteiger partial charge in [0.05, 0.1) is 0 Å². The van der Waals surface area contributed by atoms with Gasteiger partial charge in [-0.1, -0.05) is 63.9 Å². The molecule has 0 saturated heterocycles. The fourth-order valence-electron chi connectivity index (χ4n) is 3.50. The van der Waals surface area contributed by atoms with Crippen molar-refractivity contribution in [3.05, 3.63) is 35.9 Å². The molecule has 2 rings (SSSR count). The minimum Gasteiger partial charge on any atom is -0.321 e. The summed E-state index contributed by atoms with van der Waals surface area (Å²) in [6.45, 7) is 6.98. The molecule has 1 aromatic rings. The average Bonchev–Trinajstić information content (AvgIpc) is 2.29. The summed E-state index contributed by atoms with van der Waals surface area (Å²) in [6, 6.07) is 10.7. The van der Waals surface area contributed by atoms with Gasteiger partial charge < -0.3 is 5.73 Å². The number of nitrogens with two attached hydrogens (primary N) is 1. The third-order valence-corrected chi connectivity index (χ3v) is 4.31. The van der Waals surface area contributed by atoms with Crippen molar-refractivity contribution >= 4 is 0 Å². The van der Waals surface area contributed by atoms with Crippen molar-refractivity contribution in [3.8, 4) is 0 Å². The lowest BCUT2D eigenvalue weighted by atomic mass is 9.60. The molecule has 1 fully saturated rings. The van der Waals surface area contributed by atoms with E-state index in [0.29, 0.717) is 5.92 Å². The Kier molecular flexibility index (Phi) is 3.31. The Morgan fingerprint density at radius 3 is 2.35 bits per heavy atom. The first-order valence-electron chi connectivity index (χ1n) is 6.79. The summed E-state index contributed by atoms with van der Waals surface area (Å²) in [4.78, 5) is 0. The molecule has 2 N–H and O–H groups in total. The van der Waals surface area contributed by atoms with Crippen molar-refractivity contribution in [2.24, 2.45) is 17.1 Å². The van der Waals surface area contributed by atoms with Crippen molar-refractivity contribution in [2.45, 2.75) is 52.0 Å². The molecule has 1 heteroatoms. The number of rotatable bonds is 1. The lowest BCUT2D eigenvalue weighted by Gasteiger charge is -2.48. The maximum Gasteiger partial charge on any atom is 0.0443 e. The molecule has 0 amide bonds. The molecular formula is C16H25N. The highest BCUT2D eigenvalue weighted by molar-refractivity contribution is 5.26. The molecule has 1 nitrogen and oxygen atoms in total. The SMILES string of the molecule is CC(C)(C)C1CCCCC1(N)c1ccccc1. The Morgan fingerprint density at radius 1 is 1.12 bits per heavy atom. The first kappa shape index (κ1) is 12.6. The van der Waals surface area contributed by atoms with Crippen LogP contribution in [0.1, 0.15) is 52.0 Å². The molecule has 0 aliphatic heterocycles. The van der Waals surface area contributed by atoms with E-state index in [0.717, 1.165) is 6.42 Å². The van der Waals surface area contributed by atoms with Crippen LogP contribution in [-0.4, -0.2) is 0 Å². The summed E-state index contributed by atoms with van der Waals surface area (Å²) in [5, 5.41) is 0. The van der Waals surface area contributed by atoms with E-state index in [1.54, 1.807) is 0 Å². The summed E-state index contributed by atoms with van der Waals surface area (Å²) in [5.41, 5.74) is 8.29. The largest absolute Gasteiger partial charge is 0.321 e. The summed E-state index contributed by atoms with van der Waals surface area (Å²) < 4.78 is 0. The van der Waals surface area contributed by atoms with Gasteiger partial charge in [-0.2, -0.15) is 0 Å². The molecule has 1 aliphatic rings. The zero-order valence-electron chi connectivity index (χ0n) is 11.4. The fraction of sp³-hybridized carbons (Fsp3) is 0.625. The molecule has 0 radical (unpaired) electrons. The molecule has 0 bridgehead atoms. The normalized spacial score (nSPS) is 30.2. The molecule has 1 saturated carbocycles. The topological polar surface area (TPSA) is 26.0 Å². The number of hydrogen-bond donors (Lipinski definition) is 1. The third-order valence-electron chi connectivity index (χ3n) is 4.31. The maximum absolute atomic E-state index is 6.81. The van der Waals surface area contributed by atoms with Crippen molar-refractivity contribution in [1.29, 1.82) is 0 Å². The quantitative estimate of drug-likeness (QED) is 0.774. The Bertz CT molecular complexity index is 363. The third kappa shape index (κ3) is 2.40. The van der Waals surface area contributed by atoms with Crippen LogP contribution in [0.2, 0.25) is 0 Å². The highest BCUT2D eigenvalue weighted by Gasteiger charge is 2.44. The monoisotopic (exact) mass is 231 g/mol. The second-order valence-corrected chi connectivity index (χ2v) is 6.57. The van der Waals surface area contributed by atoms with E-state index in [9.17, 15) is 0 Å². The van der Waals surface area contributed by atoms with E-state index in [1.165, 1.54) is 24.8 Å². The molecule has 2 atom stereocenters. The lowest BCUT2D eigenvalue weighted by Crippen LogP contribution is -2.51. The summed E-state index contributed by atoms with van der Waals surface area (Å²) >= 11 is 0. The highest BCUT2D eigenvalue weighted by Crippen LogP contribution is 2.47. The van der Waals surface area contributed by atoms with Gasteiger partial charge in [0.25, 0.3) is 0 Å². The van der Waals surface area contributed by atoms with Crippen LogP contribution in [0, 0.1) is 11.3 Å². The van der Waals surface area contributed by atoms with Crippen LogP contribution in [0.25, 0.3) is 0 Å². The van der Waals surface area contributed by atoms with Crippen molar-refractivity contribution in [3.63, 3.8) is 0 Å². The smallest absolute Gasteiger partial charge is 0.0443 e. The van der Waals surface area contributed by atoms with Crippen LogP contribution < -0.4 is 5.73 Å². The van der Waals surface area contributed by atoms with E-state index in [-0.39, 0.29) is 11.0 Å². The molecule has 94 valence electrons. The first-order valence-corrected chi connectivity index (χ1v) is 6.79. The number of benzene rings is 1. The van der Waals surface area contributed by atoms with Crippen LogP contribution in [0.4, 0.5) is 0 Å². The summed E-state index contributed by atoms with van der Waals surface area (Å²) in [5.74, 6) is 0.575. The van der Waals surface area contributed by atoms with Crippen molar-refractivity contribution in [1.82, 2.24) is 0 Å². The predicted octanol–water partition coefficient (Wildman–Crippen LogP) is 4.08. The predicted molar refractivity (Wildman–Crippen MR) is 73.7 cm³/mol. The minimum atomic E-state index is -0.127. The van der Waals surface area contributed by atoms with E-state index in [1.807, 2.05) is 0 Å². The fourth-order valence-corrected chi connectivity index (χ4v) is 3.50. The van der Waals surface area contributed by atoms with Crippen LogP contribution in [-0.2, 0) is 5.54 Å². The molecule has 1 aliphatic carbocycles. The van der Waals surface area contributed by atoms with Crippen LogP contribution in [0.15, 0.2) is 30.3 Å². The molecule has 0 spiro atoms. The Morgan fingerprint density at radius 2 is 1.76 bits per heavy atom. The zero-order valence-corrected chi connectivity index (χ0v) is 11.4. The lowest BCUT2D eigenvalue weighted by molar-refractivity contribution is 0.0778. The van der Waals surface area contributed by atoms with Crippen molar-refractivity contribution < 1.29 is 0 Å². The summed E-state index contributed by atoms with van der Waals surface area (Å²) in [7, 11) is 0. The summed E-state index contributed by atoms with van der Waals surface area (Å²) in [6.07, 6.45) is 4.97. The average molecular weight is 231 g/mol. The van der Waals surface area contributed by atoms with Crippen LogP contribution in [0.5, 0.6) is 0 Å². The zero-order chi connectivity index (χ0) is 12.5. The van der Waals surface area contributed by atoms with Gasteiger partial charge >= 0.3 is 0 Å². The molecule has 0 heterocycles. The van der Waals surface area contributed by atoms with E-state index >= 15 is 0 Å². The van der Waals surface area contributed by atoms with Gasteiger partial charge in [-0.15, -0.1) is 0 Å². The molecule has 1 aromatic carbocycles. The molecular weight excluding hydrogens is 206 g/mol. The van der Waals surface area contributed by atoms with Gasteiger partial charge in [0.2, 0.25) is 0 Å². The van der Waals surface area contributed by atoms with Gasteiger partial charge in [0.15, 0.2) is 0 Å². The Hall–Kier alpha value is -0.820. The standard InChI is InChI=1S/C16H25N/c1-15(2,3)14-11-7-8-12-16(14,17)13-9-5-4-6-10-13/h4-6,9-10,14H,7-8,11-12,17H2,1-3H3. The van der Waals surface area contributed by atoms with Gasteiger partial charge in [0, 0.05) is 5.54 Å². The maximum atomic E-state index is 6.81. The second-order valence-electron chi connectivity index (χ2n) is 6.57. The molecule has 0 aromatic heterocycles. The van der Waals surface area contributed by atoms with Crippen LogP contribution >= 0.6 is 0 Å². The highest BCUT2D eigenvalue weighted by atomic mass is 14.8. The minimum absolute atomic E-state index is 0.127. The van der Waals surface area contributed by atoms with Gasteiger partial charge in [-0.3, -0.25) is 0 Å². The van der Waals surface area contributed by atoms with Crippen molar-refractivity contribution in [2.75, 3.05) is 0 Å². The van der Waals surface area contributed by atoms with Gasteiger partial charge in [-0.25, -0.2) is 0 Å². The van der Waals surface area contributed by atoms with Gasteiger partial charge in [0.1, 0.15) is 0 Å². The second kappa shape index (κ2) is 4.45. The molecule has 17 heavy (non-hydrogen) atoms. The molecule has 2 unspecified atom stereocenters. The first-order chi connectivity index (χ1) is 7.94. The Labute approximate surface area is 105 Å². The van der Waals surface area contributed by atoms with Gasteiger partial charge in [-0.05, 0) is 29.7 Å². The van der Waals surface area contributed by atoms with E-state index in [2.05, 4.69) is 51.1 Å². The van der Waals surface area contributed by atoms with E-state index in [4.69, 9.17) is 5.73 Å². The Balaban J connectivity index is 2.38. The van der Waals surface area contributed by atoms with E-state index < -0.39 is 0 Å². The van der Waals surface area contributed by atoms with Crippen LogP contribution in [0.3, 0.4) is 0 Å². The number of hydrogen-bond acceptors (Lipinski definition) is 1.